The normalized spacial score (nSPS) is 18.5. The number of aryl methyl sites for hydroxylation is 1. The number of carbonyl (C=O) groups is 1. The van der Waals surface area contributed by atoms with Gasteiger partial charge in [0.05, 0.1) is 35.6 Å². The SMILES string of the molecule is CCc1c2c(nc3cc(F)c4ncc(CO)cc4c13)-c1cc3c(c(=O)n1C2)COC(=O)[C@]3(O)CC. The summed E-state index contributed by atoms with van der Waals surface area (Å²) in [6.45, 7) is 3.46. The average molecular weight is 475 g/mol. The lowest BCUT2D eigenvalue weighted by atomic mass is 9.86. The van der Waals surface area contributed by atoms with E-state index in [1.807, 2.05) is 6.92 Å². The summed E-state index contributed by atoms with van der Waals surface area (Å²) in [7, 11) is 0. The van der Waals surface area contributed by atoms with Gasteiger partial charge >= 0.3 is 5.97 Å². The van der Waals surface area contributed by atoms with Gasteiger partial charge in [0.25, 0.3) is 5.56 Å². The molecule has 35 heavy (non-hydrogen) atoms. The molecule has 0 fully saturated rings. The smallest absolute Gasteiger partial charge is 0.343 e. The minimum atomic E-state index is -1.91. The molecule has 5 heterocycles. The van der Waals surface area contributed by atoms with E-state index in [2.05, 4.69) is 4.98 Å². The van der Waals surface area contributed by atoms with Crippen LogP contribution >= 0.6 is 0 Å². The van der Waals surface area contributed by atoms with E-state index in [9.17, 15) is 19.8 Å². The number of benzene rings is 1. The van der Waals surface area contributed by atoms with Gasteiger partial charge < -0.3 is 19.5 Å². The molecule has 0 bridgehead atoms. The van der Waals surface area contributed by atoms with Crippen LogP contribution in [-0.4, -0.2) is 30.7 Å². The number of esters is 1. The Morgan fingerprint density at radius 3 is 2.71 bits per heavy atom. The van der Waals surface area contributed by atoms with Crippen molar-refractivity contribution in [3.63, 3.8) is 0 Å². The van der Waals surface area contributed by atoms with Gasteiger partial charge in [0.2, 0.25) is 0 Å². The largest absolute Gasteiger partial charge is 0.458 e. The fourth-order valence-corrected chi connectivity index (χ4v) is 5.44. The summed E-state index contributed by atoms with van der Waals surface area (Å²) < 4.78 is 21.7. The van der Waals surface area contributed by atoms with Crippen LogP contribution in [0.2, 0.25) is 0 Å². The molecular weight excluding hydrogens is 453 g/mol. The van der Waals surface area contributed by atoms with Gasteiger partial charge in [-0.2, -0.15) is 0 Å². The highest BCUT2D eigenvalue weighted by molar-refractivity contribution is 6.08. The Labute approximate surface area is 198 Å². The summed E-state index contributed by atoms with van der Waals surface area (Å²) in [6, 6.07) is 4.70. The van der Waals surface area contributed by atoms with E-state index >= 15 is 4.39 Å². The highest BCUT2D eigenvalue weighted by atomic mass is 19.1. The zero-order chi connectivity index (χ0) is 24.6. The number of ether oxygens (including phenoxy) is 1. The molecule has 0 saturated carbocycles. The fourth-order valence-electron chi connectivity index (χ4n) is 5.44. The number of fused-ring (bicyclic) bond motifs is 7. The second-order valence-corrected chi connectivity index (χ2v) is 9.02. The minimum Gasteiger partial charge on any atom is -0.458 e. The number of aliphatic hydroxyl groups excluding tert-OH is 1. The Balaban J connectivity index is 1.70. The Kier molecular flexibility index (Phi) is 4.61. The molecular formula is C26H22FN3O5. The Morgan fingerprint density at radius 2 is 2.00 bits per heavy atom. The van der Waals surface area contributed by atoms with Crippen LogP contribution in [0.5, 0.6) is 0 Å². The summed E-state index contributed by atoms with van der Waals surface area (Å²) in [5.41, 5.74) is 2.13. The first-order valence-electron chi connectivity index (χ1n) is 11.5. The van der Waals surface area contributed by atoms with Crippen molar-refractivity contribution in [1.82, 2.24) is 14.5 Å². The first kappa shape index (κ1) is 21.8. The van der Waals surface area contributed by atoms with Gasteiger partial charge in [0.1, 0.15) is 12.1 Å². The third-order valence-electron chi connectivity index (χ3n) is 7.28. The quantitative estimate of drug-likeness (QED) is 0.305. The molecule has 2 aliphatic rings. The van der Waals surface area contributed by atoms with Crippen LogP contribution in [-0.2, 0) is 41.3 Å². The Hall–Kier alpha value is -3.69. The van der Waals surface area contributed by atoms with Gasteiger partial charge in [0, 0.05) is 34.2 Å². The van der Waals surface area contributed by atoms with Crippen LogP contribution in [0.15, 0.2) is 29.2 Å². The molecule has 0 amide bonds. The second-order valence-electron chi connectivity index (χ2n) is 9.02. The molecule has 8 nitrogen and oxygen atoms in total. The lowest BCUT2D eigenvalue weighted by Crippen LogP contribution is -2.44. The summed E-state index contributed by atoms with van der Waals surface area (Å²) in [4.78, 5) is 34.8. The number of rotatable bonds is 3. The van der Waals surface area contributed by atoms with Crippen LogP contribution in [0.1, 0.15) is 48.1 Å². The van der Waals surface area contributed by atoms with Crippen LogP contribution < -0.4 is 5.56 Å². The lowest BCUT2D eigenvalue weighted by molar-refractivity contribution is -0.172. The summed E-state index contributed by atoms with van der Waals surface area (Å²) in [5, 5.41) is 22.0. The predicted molar refractivity (Wildman–Crippen MR) is 125 cm³/mol. The standard InChI is InChI=1S/C26H22FN3O5/c1-3-13-15-9-30-20(6-17-16(24(30)32)11-35-25(33)26(17,34)4-2)23(15)29-19-7-18(27)22-14(21(13)19)5-12(10-31)8-28-22/h5-8,31,34H,3-4,9-11H2,1-2H3/t26-/m0/s1. The first-order valence-corrected chi connectivity index (χ1v) is 11.5. The first-order chi connectivity index (χ1) is 16.8. The number of hydrogen-bond donors (Lipinski definition) is 2. The molecule has 2 aliphatic heterocycles. The van der Waals surface area contributed by atoms with E-state index in [4.69, 9.17) is 9.72 Å². The molecule has 9 heteroatoms. The Morgan fingerprint density at radius 1 is 1.20 bits per heavy atom. The van der Waals surface area contributed by atoms with E-state index < -0.39 is 17.4 Å². The van der Waals surface area contributed by atoms with Crippen molar-refractivity contribution in [2.24, 2.45) is 0 Å². The molecule has 0 saturated heterocycles. The van der Waals surface area contributed by atoms with Crippen molar-refractivity contribution >= 4 is 27.8 Å². The van der Waals surface area contributed by atoms with Gasteiger partial charge in [-0.15, -0.1) is 0 Å². The van der Waals surface area contributed by atoms with E-state index in [-0.39, 0.29) is 48.4 Å². The molecule has 178 valence electrons. The molecule has 3 aromatic heterocycles. The van der Waals surface area contributed by atoms with E-state index in [0.29, 0.717) is 34.3 Å². The van der Waals surface area contributed by atoms with Crippen molar-refractivity contribution in [3.8, 4) is 11.4 Å². The minimum absolute atomic E-state index is 0.0529. The highest BCUT2D eigenvalue weighted by Gasteiger charge is 2.45. The monoisotopic (exact) mass is 475 g/mol. The van der Waals surface area contributed by atoms with Crippen molar-refractivity contribution in [2.45, 2.75) is 52.0 Å². The number of carbonyl (C=O) groups excluding carboxylic acids is 1. The van der Waals surface area contributed by atoms with Crippen LogP contribution in [0, 0.1) is 5.82 Å². The van der Waals surface area contributed by atoms with Crippen LogP contribution in [0.25, 0.3) is 33.2 Å². The lowest BCUT2D eigenvalue weighted by Gasteiger charge is -2.31. The number of hydrogen-bond acceptors (Lipinski definition) is 7. The molecule has 0 spiro atoms. The molecule has 0 radical (unpaired) electrons. The second kappa shape index (κ2) is 7.40. The number of halogens is 1. The average Bonchev–Trinajstić information content (AvgIpc) is 3.23. The van der Waals surface area contributed by atoms with Crippen molar-refractivity contribution in [1.29, 1.82) is 0 Å². The molecule has 0 aliphatic carbocycles. The van der Waals surface area contributed by atoms with Gasteiger partial charge in [-0.1, -0.05) is 13.8 Å². The summed E-state index contributed by atoms with van der Waals surface area (Å²) >= 11 is 0. The predicted octanol–water partition coefficient (Wildman–Crippen LogP) is 2.82. The third-order valence-corrected chi connectivity index (χ3v) is 7.28. The van der Waals surface area contributed by atoms with Gasteiger partial charge in [-0.25, -0.2) is 14.2 Å². The number of pyridine rings is 3. The maximum atomic E-state index is 15.0. The molecule has 0 unspecified atom stereocenters. The molecule has 4 aromatic rings. The van der Waals surface area contributed by atoms with Crippen LogP contribution in [0.4, 0.5) is 4.39 Å². The zero-order valence-electron chi connectivity index (χ0n) is 19.2. The maximum absolute atomic E-state index is 15.0. The van der Waals surface area contributed by atoms with Gasteiger partial charge in [-0.05, 0) is 36.1 Å². The molecule has 1 aromatic carbocycles. The van der Waals surface area contributed by atoms with Gasteiger partial charge in [0.15, 0.2) is 11.4 Å². The zero-order valence-corrected chi connectivity index (χ0v) is 19.2. The van der Waals surface area contributed by atoms with Crippen molar-refractivity contribution < 1.29 is 24.1 Å². The topological polar surface area (TPSA) is 115 Å². The maximum Gasteiger partial charge on any atom is 0.343 e. The van der Waals surface area contributed by atoms with Gasteiger partial charge in [-0.3, -0.25) is 9.78 Å². The van der Waals surface area contributed by atoms with Crippen molar-refractivity contribution in [2.75, 3.05) is 0 Å². The third kappa shape index (κ3) is 2.79. The molecule has 1 atom stereocenters. The van der Waals surface area contributed by atoms with E-state index in [1.54, 1.807) is 23.6 Å². The number of aromatic nitrogens is 3. The fraction of sp³-hybridized carbons (Fsp3) is 0.308. The van der Waals surface area contributed by atoms with E-state index in [1.165, 1.54) is 12.3 Å². The molecule has 6 rings (SSSR count). The number of nitrogens with zero attached hydrogens (tertiary/aromatic N) is 3. The Bertz CT molecular complexity index is 1660. The summed E-state index contributed by atoms with van der Waals surface area (Å²) in [6.07, 6.45) is 2.09. The number of aliphatic hydroxyl groups is 2. The number of cyclic esters (lactones) is 1. The van der Waals surface area contributed by atoms with Crippen LogP contribution in [0.3, 0.4) is 0 Å². The van der Waals surface area contributed by atoms with Crippen molar-refractivity contribution in [3.05, 3.63) is 68.4 Å². The van der Waals surface area contributed by atoms with E-state index in [0.717, 1.165) is 16.5 Å². The highest BCUT2D eigenvalue weighted by Crippen LogP contribution is 2.41. The molecule has 2 N–H and O–H groups in total. The summed E-state index contributed by atoms with van der Waals surface area (Å²) in [5.74, 6) is -1.31.